The number of carbonyl (C=O) groups is 2. The summed E-state index contributed by atoms with van der Waals surface area (Å²) in [6.45, 7) is 4.01. The Hall–Kier alpha value is -2.10. The predicted octanol–water partition coefficient (Wildman–Crippen LogP) is 2.62. The molecule has 1 aliphatic rings. The van der Waals surface area contributed by atoms with Gasteiger partial charge in [0, 0.05) is 17.7 Å². The van der Waals surface area contributed by atoms with Crippen LogP contribution in [0.1, 0.15) is 41.3 Å². The Morgan fingerprint density at radius 1 is 1.45 bits per heavy atom. The van der Waals surface area contributed by atoms with Crippen LogP contribution in [0.25, 0.3) is 6.08 Å². The van der Waals surface area contributed by atoms with Crippen LogP contribution in [0, 0.1) is 12.8 Å². The van der Waals surface area contributed by atoms with Crippen molar-refractivity contribution in [2.75, 3.05) is 0 Å². The molecule has 1 amide bonds. The lowest BCUT2D eigenvalue weighted by Gasteiger charge is -2.07. The van der Waals surface area contributed by atoms with Crippen LogP contribution in [0.2, 0.25) is 0 Å². The summed E-state index contributed by atoms with van der Waals surface area (Å²) < 4.78 is 0. The summed E-state index contributed by atoms with van der Waals surface area (Å²) >= 11 is 0. The van der Waals surface area contributed by atoms with E-state index in [1.54, 1.807) is 12.1 Å². The Kier molecular flexibility index (Phi) is 4.23. The smallest absolute Gasteiger partial charge is 0.328 e. The molecule has 4 nitrogen and oxygen atoms in total. The zero-order valence-electron chi connectivity index (χ0n) is 11.7. The van der Waals surface area contributed by atoms with Crippen LogP contribution in [0.15, 0.2) is 24.3 Å². The van der Waals surface area contributed by atoms with Crippen molar-refractivity contribution in [3.63, 3.8) is 0 Å². The third kappa shape index (κ3) is 3.47. The van der Waals surface area contributed by atoms with Crippen molar-refractivity contribution < 1.29 is 14.7 Å². The molecule has 20 heavy (non-hydrogen) atoms. The van der Waals surface area contributed by atoms with Crippen LogP contribution < -0.4 is 5.32 Å². The van der Waals surface area contributed by atoms with Crippen LogP contribution in [0.4, 0.5) is 0 Å². The molecule has 0 saturated heterocycles. The van der Waals surface area contributed by atoms with E-state index >= 15 is 0 Å². The van der Waals surface area contributed by atoms with Gasteiger partial charge in [-0.1, -0.05) is 19.4 Å². The SMILES string of the molecule is CCC1CC1NC(=O)c1ccc(C)c(/C=C/C(=O)O)c1. The lowest BCUT2D eigenvalue weighted by Crippen LogP contribution is -2.26. The Balaban J connectivity index is 2.10. The molecule has 1 saturated carbocycles. The number of aliphatic carboxylic acids is 1. The van der Waals surface area contributed by atoms with Gasteiger partial charge in [0.25, 0.3) is 5.91 Å². The maximum atomic E-state index is 12.1. The molecule has 2 rings (SSSR count). The van der Waals surface area contributed by atoms with E-state index in [-0.39, 0.29) is 5.91 Å². The zero-order chi connectivity index (χ0) is 14.7. The summed E-state index contributed by atoms with van der Waals surface area (Å²) in [4.78, 5) is 22.7. The van der Waals surface area contributed by atoms with Crippen molar-refractivity contribution in [1.82, 2.24) is 5.32 Å². The summed E-state index contributed by atoms with van der Waals surface area (Å²) in [5.74, 6) is -0.477. The van der Waals surface area contributed by atoms with Gasteiger partial charge in [-0.05, 0) is 48.6 Å². The molecule has 106 valence electrons. The maximum Gasteiger partial charge on any atom is 0.328 e. The van der Waals surface area contributed by atoms with Gasteiger partial charge < -0.3 is 10.4 Å². The van der Waals surface area contributed by atoms with E-state index in [4.69, 9.17) is 5.11 Å². The lowest BCUT2D eigenvalue weighted by atomic mass is 10.0. The average Bonchev–Trinajstić information content (AvgIpc) is 3.15. The summed E-state index contributed by atoms with van der Waals surface area (Å²) in [6.07, 6.45) is 4.74. The normalized spacial score (nSPS) is 20.9. The van der Waals surface area contributed by atoms with Gasteiger partial charge in [-0.3, -0.25) is 4.79 Å². The quantitative estimate of drug-likeness (QED) is 0.810. The van der Waals surface area contributed by atoms with Gasteiger partial charge >= 0.3 is 5.97 Å². The van der Waals surface area contributed by atoms with Gasteiger partial charge in [0.05, 0.1) is 0 Å². The van der Waals surface area contributed by atoms with Crippen LogP contribution >= 0.6 is 0 Å². The Bertz CT molecular complexity index is 563. The minimum absolute atomic E-state index is 0.0871. The average molecular weight is 273 g/mol. The fraction of sp³-hybridized carbons (Fsp3) is 0.375. The first kappa shape index (κ1) is 14.3. The second kappa shape index (κ2) is 5.90. The molecule has 0 bridgehead atoms. The van der Waals surface area contributed by atoms with E-state index in [0.29, 0.717) is 17.5 Å². The standard InChI is InChI=1S/C16H19NO3/c1-3-11-9-14(11)17-16(20)13-5-4-10(2)12(8-13)6-7-15(18)19/h4-8,11,14H,3,9H2,1-2H3,(H,17,20)(H,18,19)/b7-6+. The molecule has 1 aromatic carbocycles. The number of carboxylic acid groups (broad SMARTS) is 1. The van der Waals surface area contributed by atoms with Crippen LogP contribution in [0.5, 0.6) is 0 Å². The molecule has 1 fully saturated rings. The van der Waals surface area contributed by atoms with Crippen molar-refractivity contribution in [3.05, 3.63) is 41.0 Å². The Morgan fingerprint density at radius 2 is 2.20 bits per heavy atom. The first-order chi connectivity index (χ1) is 9.51. The molecule has 0 heterocycles. The number of hydrogen-bond acceptors (Lipinski definition) is 2. The monoisotopic (exact) mass is 273 g/mol. The number of benzene rings is 1. The topological polar surface area (TPSA) is 66.4 Å². The maximum absolute atomic E-state index is 12.1. The summed E-state index contributed by atoms with van der Waals surface area (Å²) in [5.41, 5.74) is 2.27. The van der Waals surface area contributed by atoms with Gasteiger partial charge in [-0.15, -0.1) is 0 Å². The van der Waals surface area contributed by atoms with Crippen LogP contribution in [-0.4, -0.2) is 23.0 Å². The summed E-state index contributed by atoms with van der Waals surface area (Å²) in [5, 5.41) is 11.7. The highest BCUT2D eigenvalue weighted by Gasteiger charge is 2.36. The van der Waals surface area contributed by atoms with Crippen molar-refractivity contribution in [3.8, 4) is 0 Å². The minimum atomic E-state index is -0.997. The third-order valence-corrected chi connectivity index (χ3v) is 3.71. The molecular formula is C16H19NO3. The molecule has 0 aromatic heterocycles. The van der Waals surface area contributed by atoms with Crippen molar-refractivity contribution in [1.29, 1.82) is 0 Å². The van der Waals surface area contributed by atoms with E-state index in [1.807, 2.05) is 13.0 Å². The first-order valence-corrected chi connectivity index (χ1v) is 6.83. The largest absolute Gasteiger partial charge is 0.478 e. The Labute approximate surface area is 118 Å². The van der Waals surface area contributed by atoms with Crippen LogP contribution in [-0.2, 0) is 4.79 Å². The van der Waals surface area contributed by atoms with E-state index < -0.39 is 5.97 Å². The minimum Gasteiger partial charge on any atom is -0.478 e. The van der Waals surface area contributed by atoms with E-state index in [2.05, 4.69) is 12.2 Å². The molecule has 1 aromatic rings. The van der Waals surface area contributed by atoms with E-state index in [1.165, 1.54) is 6.08 Å². The molecular weight excluding hydrogens is 254 g/mol. The second-order valence-corrected chi connectivity index (χ2v) is 5.23. The number of aryl methyl sites for hydroxylation is 1. The molecule has 1 aliphatic carbocycles. The van der Waals surface area contributed by atoms with Crippen molar-refractivity contribution in [2.45, 2.75) is 32.7 Å². The lowest BCUT2D eigenvalue weighted by molar-refractivity contribution is -0.131. The predicted molar refractivity (Wildman–Crippen MR) is 77.5 cm³/mol. The van der Waals surface area contributed by atoms with Crippen molar-refractivity contribution in [2.24, 2.45) is 5.92 Å². The number of amides is 1. The van der Waals surface area contributed by atoms with Gasteiger partial charge in [-0.25, -0.2) is 4.79 Å². The molecule has 4 heteroatoms. The fourth-order valence-corrected chi connectivity index (χ4v) is 2.25. The van der Waals surface area contributed by atoms with Gasteiger partial charge in [0.1, 0.15) is 0 Å². The number of nitrogens with one attached hydrogen (secondary N) is 1. The highest BCUT2D eigenvalue weighted by atomic mass is 16.4. The van der Waals surface area contributed by atoms with E-state index in [9.17, 15) is 9.59 Å². The molecule has 2 atom stereocenters. The molecule has 2 unspecified atom stereocenters. The first-order valence-electron chi connectivity index (χ1n) is 6.83. The summed E-state index contributed by atoms with van der Waals surface area (Å²) in [7, 11) is 0. The second-order valence-electron chi connectivity index (χ2n) is 5.23. The van der Waals surface area contributed by atoms with Crippen LogP contribution in [0.3, 0.4) is 0 Å². The van der Waals surface area contributed by atoms with Gasteiger partial charge in [0.2, 0.25) is 0 Å². The molecule has 0 radical (unpaired) electrons. The van der Waals surface area contributed by atoms with Crippen molar-refractivity contribution >= 4 is 18.0 Å². The third-order valence-electron chi connectivity index (χ3n) is 3.71. The molecule has 0 spiro atoms. The van der Waals surface area contributed by atoms with Gasteiger partial charge in [-0.2, -0.15) is 0 Å². The summed E-state index contributed by atoms with van der Waals surface area (Å²) in [6, 6.07) is 5.63. The number of hydrogen-bond donors (Lipinski definition) is 2. The highest BCUT2D eigenvalue weighted by molar-refractivity contribution is 5.95. The fourth-order valence-electron chi connectivity index (χ4n) is 2.25. The zero-order valence-corrected chi connectivity index (χ0v) is 11.7. The van der Waals surface area contributed by atoms with Gasteiger partial charge in [0.15, 0.2) is 0 Å². The number of carbonyl (C=O) groups excluding carboxylic acids is 1. The highest BCUT2D eigenvalue weighted by Crippen LogP contribution is 2.33. The Morgan fingerprint density at radius 3 is 2.80 bits per heavy atom. The number of carboxylic acids is 1. The van der Waals surface area contributed by atoms with E-state index in [0.717, 1.165) is 30.0 Å². The number of rotatable bonds is 5. The molecule has 0 aliphatic heterocycles. The molecule has 2 N–H and O–H groups in total.